The highest BCUT2D eigenvalue weighted by atomic mass is 19.1. The van der Waals surface area contributed by atoms with Gasteiger partial charge >= 0.3 is 0 Å². The predicted molar refractivity (Wildman–Crippen MR) is 42.5 cm³/mol. The van der Waals surface area contributed by atoms with Gasteiger partial charge in [0, 0.05) is 6.07 Å². The highest BCUT2D eigenvalue weighted by Gasteiger charge is 2.04. The summed E-state index contributed by atoms with van der Waals surface area (Å²) >= 11 is 0. The third kappa shape index (κ3) is 1.72. The molecule has 1 rings (SSSR count). The zero-order valence-corrected chi connectivity index (χ0v) is 7.03. The van der Waals surface area contributed by atoms with E-state index in [2.05, 4.69) is 4.74 Å². The SMILES string of the molecule is Cc1cc(C)c(OCF)cc1F. The van der Waals surface area contributed by atoms with Gasteiger partial charge in [-0.15, -0.1) is 0 Å². The second-order valence-corrected chi connectivity index (χ2v) is 2.62. The molecule has 0 saturated carbocycles. The van der Waals surface area contributed by atoms with E-state index >= 15 is 0 Å². The van der Waals surface area contributed by atoms with E-state index < -0.39 is 6.86 Å². The lowest BCUT2D eigenvalue weighted by molar-refractivity contribution is 0.190. The van der Waals surface area contributed by atoms with Gasteiger partial charge in [-0.1, -0.05) is 0 Å². The summed E-state index contributed by atoms with van der Waals surface area (Å²) in [7, 11) is 0. The molecule has 0 N–H and O–H groups in total. The number of benzene rings is 1. The Morgan fingerprint density at radius 2 is 1.92 bits per heavy atom. The number of hydrogen-bond donors (Lipinski definition) is 0. The largest absolute Gasteiger partial charge is 0.463 e. The van der Waals surface area contributed by atoms with Crippen LogP contribution in [0.3, 0.4) is 0 Å². The highest BCUT2D eigenvalue weighted by molar-refractivity contribution is 5.36. The van der Waals surface area contributed by atoms with Gasteiger partial charge in [0.1, 0.15) is 11.6 Å². The Balaban J connectivity index is 3.05. The summed E-state index contributed by atoms with van der Waals surface area (Å²) in [6, 6.07) is 2.82. The molecular formula is C9H10F2O. The van der Waals surface area contributed by atoms with Gasteiger partial charge in [-0.3, -0.25) is 0 Å². The van der Waals surface area contributed by atoms with Crippen molar-refractivity contribution in [2.45, 2.75) is 13.8 Å². The maximum Gasteiger partial charge on any atom is 0.228 e. The summed E-state index contributed by atoms with van der Waals surface area (Å²) in [5.74, 6) is -0.107. The molecule has 0 atom stereocenters. The van der Waals surface area contributed by atoms with Crippen LogP contribution in [0.5, 0.6) is 5.75 Å². The fraction of sp³-hybridized carbons (Fsp3) is 0.333. The van der Waals surface area contributed by atoms with E-state index in [4.69, 9.17) is 0 Å². The van der Waals surface area contributed by atoms with Crippen molar-refractivity contribution in [2.24, 2.45) is 0 Å². The third-order valence-electron chi connectivity index (χ3n) is 1.67. The van der Waals surface area contributed by atoms with Gasteiger partial charge in [0.25, 0.3) is 0 Å². The van der Waals surface area contributed by atoms with Crippen LogP contribution in [0.1, 0.15) is 11.1 Å². The third-order valence-corrected chi connectivity index (χ3v) is 1.67. The van der Waals surface area contributed by atoms with Gasteiger partial charge in [-0.05, 0) is 31.0 Å². The molecule has 1 nitrogen and oxygen atoms in total. The topological polar surface area (TPSA) is 9.23 Å². The highest BCUT2D eigenvalue weighted by Crippen LogP contribution is 2.21. The monoisotopic (exact) mass is 172 g/mol. The Morgan fingerprint density at radius 3 is 2.50 bits per heavy atom. The van der Waals surface area contributed by atoms with Crippen molar-refractivity contribution in [1.29, 1.82) is 0 Å². The van der Waals surface area contributed by atoms with Crippen LogP contribution in [0.4, 0.5) is 8.78 Å². The van der Waals surface area contributed by atoms with Gasteiger partial charge < -0.3 is 4.74 Å². The van der Waals surface area contributed by atoms with Crippen molar-refractivity contribution in [3.8, 4) is 5.75 Å². The summed E-state index contributed by atoms with van der Waals surface area (Å²) in [4.78, 5) is 0. The maximum atomic E-state index is 12.9. The predicted octanol–water partition coefficient (Wildman–Crippen LogP) is 2.75. The molecule has 1 aromatic rings. The van der Waals surface area contributed by atoms with Gasteiger partial charge in [-0.2, -0.15) is 0 Å². The Morgan fingerprint density at radius 1 is 1.25 bits per heavy atom. The molecule has 12 heavy (non-hydrogen) atoms. The molecular weight excluding hydrogens is 162 g/mol. The number of rotatable bonds is 2. The van der Waals surface area contributed by atoms with E-state index in [0.29, 0.717) is 5.56 Å². The number of aryl methyl sites for hydroxylation is 2. The number of alkyl halides is 1. The molecule has 0 saturated heterocycles. The zero-order chi connectivity index (χ0) is 9.14. The lowest BCUT2D eigenvalue weighted by Gasteiger charge is -2.06. The molecule has 0 heterocycles. The Kier molecular flexibility index (Phi) is 2.63. The fourth-order valence-corrected chi connectivity index (χ4v) is 1.02. The molecule has 0 unspecified atom stereocenters. The Bertz CT molecular complexity index is 284. The number of ether oxygens (including phenoxy) is 1. The molecule has 0 amide bonds. The maximum absolute atomic E-state index is 12.9. The molecule has 66 valence electrons. The number of halogens is 2. The first kappa shape index (κ1) is 8.97. The van der Waals surface area contributed by atoms with Crippen molar-refractivity contribution in [1.82, 2.24) is 0 Å². The van der Waals surface area contributed by atoms with E-state index in [-0.39, 0.29) is 11.6 Å². The zero-order valence-electron chi connectivity index (χ0n) is 7.03. The molecule has 0 aromatic heterocycles. The Labute approximate surface area is 70.0 Å². The minimum atomic E-state index is -0.927. The number of hydrogen-bond acceptors (Lipinski definition) is 1. The lowest BCUT2D eigenvalue weighted by atomic mass is 10.1. The van der Waals surface area contributed by atoms with Crippen LogP contribution >= 0.6 is 0 Å². The van der Waals surface area contributed by atoms with Crippen LogP contribution < -0.4 is 4.74 Å². The van der Waals surface area contributed by atoms with Crippen LogP contribution in [-0.4, -0.2) is 6.86 Å². The molecule has 0 aliphatic heterocycles. The molecule has 0 aliphatic carbocycles. The molecule has 0 fully saturated rings. The first-order valence-electron chi connectivity index (χ1n) is 3.60. The summed E-state index contributed by atoms with van der Waals surface area (Å²) in [5.41, 5.74) is 1.28. The van der Waals surface area contributed by atoms with Crippen molar-refractivity contribution in [2.75, 3.05) is 6.86 Å². The van der Waals surface area contributed by atoms with Crippen LogP contribution in [0.15, 0.2) is 12.1 Å². The summed E-state index contributed by atoms with van der Waals surface area (Å²) < 4.78 is 29.2. The van der Waals surface area contributed by atoms with Crippen LogP contribution in [-0.2, 0) is 0 Å². The van der Waals surface area contributed by atoms with E-state index in [0.717, 1.165) is 5.56 Å². The van der Waals surface area contributed by atoms with Gasteiger partial charge in [0.2, 0.25) is 6.86 Å². The molecule has 0 bridgehead atoms. The molecule has 0 aliphatic rings. The van der Waals surface area contributed by atoms with Crippen LogP contribution in [0, 0.1) is 19.7 Å². The summed E-state index contributed by atoms with van der Waals surface area (Å²) in [5, 5.41) is 0. The van der Waals surface area contributed by atoms with Crippen molar-refractivity contribution < 1.29 is 13.5 Å². The first-order chi connectivity index (χ1) is 5.65. The average molecular weight is 172 g/mol. The standard InChI is InChI=1S/C9H10F2O/c1-6-3-7(2)9(12-5-10)4-8(6)11/h3-4H,5H2,1-2H3. The van der Waals surface area contributed by atoms with Crippen molar-refractivity contribution in [3.63, 3.8) is 0 Å². The Hall–Kier alpha value is -1.12. The smallest absolute Gasteiger partial charge is 0.228 e. The minimum Gasteiger partial charge on any atom is -0.463 e. The van der Waals surface area contributed by atoms with Crippen molar-refractivity contribution in [3.05, 3.63) is 29.1 Å². The lowest BCUT2D eigenvalue weighted by Crippen LogP contribution is -1.95. The summed E-state index contributed by atoms with van der Waals surface area (Å²) in [6.07, 6.45) is 0. The minimum absolute atomic E-state index is 0.264. The fourth-order valence-electron chi connectivity index (χ4n) is 1.02. The second kappa shape index (κ2) is 3.52. The quantitative estimate of drug-likeness (QED) is 0.666. The summed E-state index contributed by atoms with van der Waals surface area (Å²) in [6.45, 7) is 2.47. The molecule has 1 aromatic carbocycles. The van der Waals surface area contributed by atoms with E-state index in [1.54, 1.807) is 19.9 Å². The van der Waals surface area contributed by atoms with Crippen LogP contribution in [0.2, 0.25) is 0 Å². The van der Waals surface area contributed by atoms with Gasteiger partial charge in [0.15, 0.2) is 0 Å². The normalized spacial score (nSPS) is 10.0. The van der Waals surface area contributed by atoms with E-state index in [9.17, 15) is 8.78 Å². The second-order valence-electron chi connectivity index (χ2n) is 2.62. The molecule has 3 heteroatoms. The van der Waals surface area contributed by atoms with Crippen molar-refractivity contribution >= 4 is 0 Å². The van der Waals surface area contributed by atoms with Gasteiger partial charge in [-0.25, -0.2) is 8.78 Å². The van der Waals surface area contributed by atoms with Gasteiger partial charge in [0.05, 0.1) is 0 Å². The van der Waals surface area contributed by atoms with E-state index in [1.165, 1.54) is 6.07 Å². The molecule has 0 spiro atoms. The van der Waals surface area contributed by atoms with Crippen LogP contribution in [0.25, 0.3) is 0 Å². The average Bonchev–Trinajstić information content (AvgIpc) is 2.01. The first-order valence-corrected chi connectivity index (χ1v) is 3.60. The van der Waals surface area contributed by atoms with E-state index in [1.807, 2.05) is 0 Å². The molecule has 0 radical (unpaired) electrons.